The van der Waals surface area contributed by atoms with Gasteiger partial charge in [0.1, 0.15) is 0 Å². The molecule has 0 aromatic heterocycles. The second-order valence-electron chi connectivity index (χ2n) is 5.04. The number of likely N-dealkylation sites (tertiary alicyclic amines) is 1. The highest BCUT2D eigenvalue weighted by molar-refractivity contribution is 9.10. The summed E-state index contributed by atoms with van der Waals surface area (Å²) < 4.78 is 0.818. The van der Waals surface area contributed by atoms with E-state index >= 15 is 0 Å². The molecule has 1 unspecified atom stereocenters. The van der Waals surface area contributed by atoms with Crippen LogP contribution < -0.4 is 0 Å². The highest BCUT2D eigenvalue weighted by atomic mass is 79.9. The van der Waals surface area contributed by atoms with Gasteiger partial charge in [-0.2, -0.15) is 0 Å². The molecule has 0 saturated carbocycles. The minimum Gasteiger partial charge on any atom is -0.337 e. The fourth-order valence-electron chi connectivity index (χ4n) is 2.78. The average Bonchev–Trinajstić information content (AvgIpc) is 2.92. The van der Waals surface area contributed by atoms with Crippen LogP contribution in [0.5, 0.6) is 0 Å². The van der Waals surface area contributed by atoms with E-state index in [1.54, 1.807) is 6.07 Å². The number of likely N-dealkylation sites (N-methyl/N-ethyl adjacent to an activating group) is 1. The van der Waals surface area contributed by atoms with Crippen molar-refractivity contribution < 1.29 is 4.79 Å². The van der Waals surface area contributed by atoms with Crippen molar-refractivity contribution in [2.45, 2.75) is 26.3 Å². The number of nitrogens with zero attached hydrogens (tertiary/aromatic N) is 2. The van der Waals surface area contributed by atoms with Crippen LogP contribution >= 0.6 is 27.5 Å². The predicted molar refractivity (Wildman–Crippen MR) is 86.4 cm³/mol. The van der Waals surface area contributed by atoms with Crippen molar-refractivity contribution in [3.05, 3.63) is 33.3 Å². The molecule has 0 bridgehead atoms. The molecule has 2 rings (SSSR count). The van der Waals surface area contributed by atoms with E-state index in [1.807, 2.05) is 17.0 Å². The first-order valence-electron chi connectivity index (χ1n) is 7.05. The maximum Gasteiger partial charge on any atom is 0.253 e. The Labute approximate surface area is 134 Å². The Morgan fingerprint density at radius 3 is 2.75 bits per heavy atom. The molecule has 20 heavy (non-hydrogen) atoms. The fourth-order valence-corrected chi connectivity index (χ4v) is 3.20. The van der Waals surface area contributed by atoms with Crippen molar-refractivity contribution in [3.63, 3.8) is 0 Å². The molecule has 1 fully saturated rings. The van der Waals surface area contributed by atoms with E-state index < -0.39 is 0 Å². The number of carbonyl (C=O) groups is 1. The molecular weight excluding hydrogens is 340 g/mol. The summed E-state index contributed by atoms with van der Waals surface area (Å²) in [6, 6.07) is 5.87. The largest absolute Gasteiger partial charge is 0.337 e. The highest BCUT2D eigenvalue weighted by Gasteiger charge is 2.29. The van der Waals surface area contributed by atoms with E-state index in [4.69, 9.17) is 11.6 Å². The van der Waals surface area contributed by atoms with Gasteiger partial charge in [-0.25, -0.2) is 0 Å². The second kappa shape index (κ2) is 6.92. The Morgan fingerprint density at radius 2 is 2.15 bits per heavy atom. The predicted octanol–water partition coefficient (Wildman–Crippen LogP) is 3.66. The molecule has 0 radical (unpaired) electrons. The molecule has 1 atom stereocenters. The summed E-state index contributed by atoms with van der Waals surface area (Å²) in [6.45, 7) is 8.05. The molecule has 1 aromatic carbocycles. The van der Waals surface area contributed by atoms with E-state index in [1.165, 1.54) is 0 Å². The van der Waals surface area contributed by atoms with Crippen LogP contribution in [-0.4, -0.2) is 47.9 Å². The quantitative estimate of drug-likeness (QED) is 0.819. The molecule has 110 valence electrons. The lowest BCUT2D eigenvalue weighted by Gasteiger charge is -2.26. The number of hydrogen-bond donors (Lipinski definition) is 0. The molecule has 5 heteroatoms. The Hall–Kier alpha value is -0.580. The van der Waals surface area contributed by atoms with Gasteiger partial charge in [0.15, 0.2) is 0 Å². The van der Waals surface area contributed by atoms with Crippen molar-refractivity contribution in [2.24, 2.45) is 0 Å². The van der Waals surface area contributed by atoms with Gasteiger partial charge in [-0.05, 0) is 53.6 Å². The SMILES string of the molecule is CCN(CC)C1CCN(C(=O)c2ccc(Br)c(Cl)c2)C1. The summed E-state index contributed by atoms with van der Waals surface area (Å²) >= 11 is 9.41. The van der Waals surface area contributed by atoms with Crippen LogP contribution in [0.25, 0.3) is 0 Å². The molecule has 1 aromatic rings. The monoisotopic (exact) mass is 358 g/mol. The molecule has 0 spiro atoms. The molecule has 0 aliphatic carbocycles. The molecule has 0 N–H and O–H groups in total. The Morgan fingerprint density at radius 1 is 1.45 bits per heavy atom. The Kier molecular flexibility index (Phi) is 5.47. The van der Waals surface area contributed by atoms with Crippen LogP contribution in [0, 0.1) is 0 Å². The number of benzene rings is 1. The maximum atomic E-state index is 12.5. The molecule has 1 heterocycles. The number of rotatable bonds is 4. The zero-order valence-corrected chi connectivity index (χ0v) is 14.2. The summed E-state index contributed by atoms with van der Waals surface area (Å²) in [5.74, 6) is 0.0778. The summed E-state index contributed by atoms with van der Waals surface area (Å²) in [4.78, 5) is 16.8. The molecular formula is C15H20BrClN2O. The number of halogens is 2. The van der Waals surface area contributed by atoms with E-state index in [0.717, 1.165) is 37.1 Å². The van der Waals surface area contributed by atoms with Gasteiger partial charge in [-0.3, -0.25) is 9.69 Å². The van der Waals surface area contributed by atoms with Crippen molar-refractivity contribution >= 4 is 33.4 Å². The Bertz CT molecular complexity index is 491. The minimum absolute atomic E-state index is 0.0778. The average molecular weight is 360 g/mol. The lowest BCUT2D eigenvalue weighted by atomic mass is 10.2. The summed E-state index contributed by atoms with van der Waals surface area (Å²) in [7, 11) is 0. The van der Waals surface area contributed by atoms with Crippen LogP contribution in [0.15, 0.2) is 22.7 Å². The van der Waals surface area contributed by atoms with Crippen LogP contribution in [0.3, 0.4) is 0 Å². The molecule has 1 amide bonds. The first-order valence-corrected chi connectivity index (χ1v) is 8.22. The van der Waals surface area contributed by atoms with Gasteiger partial charge in [0.05, 0.1) is 5.02 Å². The van der Waals surface area contributed by atoms with Gasteiger partial charge in [0.25, 0.3) is 5.91 Å². The van der Waals surface area contributed by atoms with Crippen LogP contribution in [0.4, 0.5) is 0 Å². The van der Waals surface area contributed by atoms with E-state index in [9.17, 15) is 4.79 Å². The standard InChI is InChI=1S/C15H20BrClN2O/c1-3-18(4-2)12-7-8-19(10-12)15(20)11-5-6-13(16)14(17)9-11/h5-6,9,12H,3-4,7-8,10H2,1-2H3. The zero-order valence-electron chi connectivity index (χ0n) is 11.9. The van der Waals surface area contributed by atoms with Crippen molar-refractivity contribution in [1.82, 2.24) is 9.80 Å². The third-order valence-electron chi connectivity index (χ3n) is 3.95. The fraction of sp³-hybridized carbons (Fsp3) is 0.533. The van der Waals surface area contributed by atoms with Gasteiger partial charge in [0.2, 0.25) is 0 Å². The van der Waals surface area contributed by atoms with Crippen molar-refractivity contribution in [1.29, 1.82) is 0 Å². The van der Waals surface area contributed by atoms with Gasteiger partial charge in [-0.1, -0.05) is 25.4 Å². The van der Waals surface area contributed by atoms with Gasteiger partial charge in [0, 0.05) is 29.2 Å². The van der Waals surface area contributed by atoms with Crippen LogP contribution in [-0.2, 0) is 0 Å². The second-order valence-corrected chi connectivity index (χ2v) is 6.31. The first-order chi connectivity index (χ1) is 9.56. The van der Waals surface area contributed by atoms with Crippen molar-refractivity contribution in [3.8, 4) is 0 Å². The molecule has 1 aliphatic rings. The van der Waals surface area contributed by atoms with Gasteiger partial charge >= 0.3 is 0 Å². The lowest BCUT2D eigenvalue weighted by molar-refractivity contribution is 0.0778. The van der Waals surface area contributed by atoms with E-state index in [2.05, 4.69) is 34.7 Å². The molecule has 1 saturated heterocycles. The summed E-state index contributed by atoms with van der Waals surface area (Å²) in [6.07, 6.45) is 1.05. The minimum atomic E-state index is 0.0778. The lowest BCUT2D eigenvalue weighted by Crippen LogP contribution is -2.38. The van der Waals surface area contributed by atoms with Crippen LogP contribution in [0.2, 0.25) is 5.02 Å². The van der Waals surface area contributed by atoms with Crippen molar-refractivity contribution in [2.75, 3.05) is 26.2 Å². The summed E-state index contributed by atoms with van der Waals surface area (Å²) in [5, 5.41) is 0.579. The smallest absolute Gasteiger partial charge is 0.253 e. The zero-order chi connectivity index (χ0) is 14.7. The number of carbonyl (C=O) groups excluding carboxylic acids is 1. The maximum absolute atomic E-state index is 12.5. The third-order valence-corrected chi connectivity index (χ3v) is 5.18. The van der Waals surface area contributed by atoms with E-state index in [0.29, 0.717) is 16.6 Å². The summed E-state index contributed by atoms with van der Waals surface area (Å²) in [5.41, 5.74) is 0.665. The number of amides is 1. The highest BCUT2D eigenvalue weighted by Crippen LogP contribution is 2.25. The first kappa shape index (κ1) is 15.8. The number of hydrogen-bond acceptors (Lipinski definition) is 2. The van der Waals surface area contributed by atoms with E-state index in [-0.39, 0.29) is 5.91 Å². The third kappa shape index (κ3) is 3.35. The molecule has 1 aliphatic heterocycles. The van der Waals surface area contributed by atoms with Gasteiger partial charge < -0.3 is 4.90 Å². The van der Waals surface area contributed by atoms with Gasteiger partial charge in [-0.15, -0.1) is 0 Å². The van der Waals surface area contributed by atoms with Crippen LogP contribution in [0.1, 0.15) is 30.6 Å². The normalized spacial score (nSPS) is 18.9. The Balaban J connectivity index is 2.05. The topological polar surface area (TPSA) is 23.6 Å². The molecule has 3 nitrogen and oxygen atoms in total.